The number of methoxy groups -OCH3 is 1. The van der Waals surface area contributed by atoms with Gasteiger partial charge in [0.15, 0.2) is 5.17 Å². The molecule has 2 N–H and O–H groups in total. The Labute approximate surface area is 159 Å². The van der Waals surface area contributed by atoms with Gasteiger partial charge in [-0.2, -0.15) is 5.10 Å². The summed E-state index contributed by atoms with van der Waals surface area (Å²) in [6, 6.07) is 5.61. The zero-order valence-electron chi connectivity index (χ0n) is 14.4. The van der Waals surface area contributed by atoms with E-state index in [2.05, 4.69) is 20.5 Å². The van der Waals surface area contributed by atoms with Crippen molar-refractivity contribution in [3.05, 3.63) is 48.0 Å². The van der Waals surface area contributed by atoms with Gasteiger partial charge in [0.05, 0.1) is 32.6 Å². The van der Waals surface area contributed by atoms with Crippen molar-refractivity contribution in [3.8, 4) is 5.75 Å². The first-order chi connectivity index (χ1) is 13.0. The minimum atomic E-state index is -1.03. The Hall–Kier alpha value is -3.14. The number of aromatic nitrogens is 2. The van der Waals surface area contributed by atoms with Crippen molar-refractivity contribution in [2.24, 2.45) is 10.2 Å². The lowest BCUT2D eigenvalue weighted by Crippen LogP contribution is -2.26. The summed E-state index contributed by atoms with van der Waals surface area (Å²) in [7, 11) is 1.61. The average Bonchev–Trinajstić information content (AvgIpc) is 3.25. The zero-order chi connectivity index (χ0) is 19.2. The molecule has 0 bridgehead atoms. The smallest absolute Gasteiger partial charge is 0.305 e. The van der Waals surface area contributed by atoms with Crippen molar-refractivity contribution < 1.29 is 19.4 Å². The van der Waals surface area contributed by atoms with Crippen molar-refractivity contribution in [2.75, 3.05) is 7.11 Å². The van der Waals surface area contributed by atoms with Gasteiger partial charge >= 0.3 is 5.97 Å². The Bertz CT molecular complexity index is 895. The number of thioether (sulfide) groups is 1. The Morgan fingerprint density at radius 1 is 1.52 bits per heavy atom. The van der Waals surface area contributed by atoms with Crippen LogP contribution in [0.1, 0.15) is 17.5 Å². The van der Waals surface area contributed by atoms with E-state index in [9.17, 15) is 9.59 Å². The Morgan fingerprint density at radius 3 is 3.07 bits per heavy atom. The first-order valence-electron chi connectivity index (χ1n) is 7.98. The molecule has 1 aliphatic rings. The highest BCUT2D eigenvalue weighted by Crippen LogP contribution is 2.23. The molecule has 2 aromatic rings. The number of imidazole rings is 1. The highest BCUT2D eigenvalue weighted by molar-refractivity contribution is 8.15. The highest BCUT2D eigenvalue weighted by Gasteiger charge is 2.32. The third-order valence-electron chi connectivity index (χ3n) is 3.71. The molecule has 10 heteroatoms. The number of amidine groups is 1. The van der Waals surface area contributed by atoms with Crippen LogP contribution in [-0.2, 0) is 16.1 Å². The van der Waals surface area contributed by atoms with E-state index in [1.165, 1.54) is 0 Å². The van der Waals surface area contributed by atoms with Gasteiger partial charge in [-0.25, -0.2) is 4.98 Å². The van der Waals surface area contributed by atoms with Gasteiger partial charge in [0.1, 0.15) is 11.0 Å². The molecule has 3 rings (SSSR count). The topological polar surface area (TPSA) is 118 Å². The van der Waals surface area contributed by atoms with Gasteiger partial charge in [0, 0.05) is 18.0 Å². The molecule has 140 valence electrons. The Morgan fingerprint density at radius 2 is 2.37 bits per heavy atom. The van der Waals surface area contributed by atoms with Gasteiger partial charge in [-0.1, -0.05) is 11.8 Å². The van der Waals surface area contributed by atoms with Crippen molar-refractivity contribution >= 4 is 35.0 Å². The van der Waals surface area contributed by atoms with Gasteiger partial charge in [-0.05, 0) is 23.8 Å². The number of hydrogen-bond donors (Lipinski definition) is 2. The van der Waals surface area contributed by atoms with Crippen molar-refractivity contribution in [1.29, 1.82) is 0 Å². The quantitative estimate of drug-likeness (QED) is 0.547. The largest absolute Gasteiger partial charge is 0.496 e. The number of nitrogens with zero attached hydrogens (tertiary/aromatic N) is 4. The molecular weight excluding hydrogens is 370 g/mol. The second-order valence-corrected chi connectivity index (χ2v) is 6.84. The van der Waals surface area contributed by atoms with Gasteiger partial charge in [0.2, 0.25) is 5.91 Å². The molecule has 1 aromatic carbocycles. The van der Waals surface area contributed by atoms with Crippen molar-refractivity contribution in [2.45, 2.75) is 18.2 Å². The second kappa shape index (κ2) is 8.49. The third kappa shape index (κ3) is 4.94. The van der Waals surface area contributed by atoms with Crippen molar-refractivity contribution in [3.63, 3.8) is 0 Å². The SMILES string of the molecule is COc1ccc(C=NN=C2NC(=O)C(CC(=O)O)S2)cc1Cn1ccnc1. The predicted octanol–water partition coefficient (Wildman–Crippen LogP) is 1.34. The van der Waals surface area contributed by atoms with Crippen LogP contribution < -0.4 is 10.1 Å². The number of amides is 1. The lowest BCUT2D eigenvalue weighted by molar-refractivity contribution is -0.138. The summed E-state index contributed by atoms with van der Waals surface area (Å²) in [4.78, 5) is 26.4. The number of carbonyl (C=O) groups excluding carboxylic acids is 1. The van der Waals surface area contributed by atoms with E-state index in [1.807, 2.05) is 29.0 Å². The van der Waals surface area contributed by atoms with Crippen molar-refractivity contribution in [1.82, 2.24) is 14.9 Å². The molecule has 0 spiro atoms. The van der Waals surface area contributed by atoms with E-state index in [0.717, 1.165) is 28.6 Å². The van der Waals surface area contributed by atoms with E-state index in [-0.39, 0.29) is 17.5 Å². The molecule has 0 saturated carbocycles. The number of aliphatic carboxylic acids is 1. The molecule has 0 aliphatic carbocycles. The molecule has 1 aromatic heterocycles. The maximum Gasteiger partial charge on any atom is 0.305 e. The number of carboxylic acids is 1. The summed E-state index contributed by atoms with van der Waals surface area (Å²) in [5, 5.41) is 18.8. The standard InChI is InChI=1S/C17H17N5O4S/c1-26-13-3-2-11(6-12(13)9-22-5-4-18-10-22)8-19-21-17-20-16(25)14(27-17)7-15(23)24/h2-6,8,10,14H,7,9H2,1H3,(H,23,24)(H,20,21,25). The van der Waals surface area contributed by atoms with Gasteiger partial charge in [-0.3, -0.25) is 9.59 Å². The summed E-state index contributed by atoms with van der Waals surface area (Å²) in [6.07, 6.45) is 6.59. The number of nitrogens with one attached hydrogen (secondary N) is 1. The zero-order valence-corrected chi connectivity index (χ0v) is 15.2. The first-order valence-corrected chi connectivity index (χ1v) is 8.86. The number of carboxylic acid groups (broad SMARTS) is 1. The molecule has 1 amide bonds. The average molecular weight is 387 g/mol. The Balaban J connectivity index is 1.70. The molecule has 1 atom stereocenters. The number of ether oxygens (including phenoxy) is 1. The summed E-state index contributed by atoms with van der Waals surface area (Å²) in [5.41, 5.74) is 1.77. The minimum Gasteiger partial charge on any atom is -0.496 e. The van der Waals surface area contributed by atoms with Crippen LogP contribution in [0.5, 0.6) is 5.75 Å². The fraction of sp³-hybridized carbons (Fsp3) is 0.235. The van der Waals surface area contributed by atoms with Crippen LogP contribution in [0.2, 0.25) is 0 Å². The van der Waals surface area contributed by atoms with Crippen LogP contribution in [0.25, 0.3) is 0 Å². The van der Waals surface area contributed by atoms with E-state index < -0.39 is 11.2 Å². The predicted molar refractivity (Wildman–Crippen MR) is 101 cm³/mol. The molecule has 1 saturated heterocycles. The lowest BCUT2D eigenvalue weighted by Gasteiger charge is -2.09. The van der Waals surface area contributed by atoms with E-state index in [0.29, 0.717) is 6.54 Å². The minimum absolute atomic E-state index is 0.255. The van der Waals surface area contributed by atoms with Crippen LogP contribution in [0.3, 0.4) is 0 Å². The molecule has 0 radical (unpaired) electrons. The number of benzene rings is 1. The molecule has 2 heterocycles. The summed E-state index contributed by atoms with van der Waals surface area (Å²) < 4.78 is 7.31. The van der Waals surface area contributed by atoms with Gasteiger partial charge in [0.25, 0.3) is 0 Å². The molecular formula is C17H17N5O4S. The number of rotatable bonds is 7. The van der Waals surface area contributed by atoms with Gasteiger partial charge in [-0.15, -0.1) is 5.10 Å². The summed E-state index contributed by atoms with van der Waals surface area (Å²) in [5.74, 6) is -0.651. The van der Waals surface area contributed by atoms with Crippen LogP contribution in [-0.4, -0.2) is 50.3 Å². The molecule has 1 unspecified atom stereocenters. The van der Waals surface area contributed by atoms with E-state index in [1.54, 1.807) is 25.8 Å². The molecule has 9 nitrogen and oxygen atoms in total. The molecule has 27 heavy (non-hydrogen) atoms. The maximum atomic E-state index is 11.7. The number of hydrogen-bond acceptors (Lipinski definition) is 7. The number of carbonyl (C=O) groups is 2. The third-order valence-corrected chi connectivity index (χ3v) is 4.78. The summed E-state index contributed by atoms with van der Waals surface area (Å²) >= 11 is 1.06. The Kier molecular flexibility index (Phi) is 5.87. The van der Waals surface area contributed by atoms with Crippen LogP contribution in [0.4, 0.5) is 0 Å². The fourth-order valence-electron chi connectivity index (χ4n) is 2.47. The normalized spacial score (nSPS) is 18.2. The lowest BCUT2D eigenvalue weighted by atomic mass is 10.1. The van der Waals surface area contributed by atoms with E-state index >= 15 is 0 Å². The molecule has 1 aliphatic heterocycles. The van der Waals surface area contributed by atoms with Crippen LogP contribution in [0.15, 0.2) is 47.1 Å². The van der Waals surface area contributed by atoms with Gasteiger partial charge < -0.3 is 19.7 Å². The first kappa shape index (κ1) is 18.6. The van der Waals surface area contributed by atoms with Crippen LogP contribution >= 0.6 is 11.8 Å². The highest BCUT2D eigenvalue weighted by atomic mass is 32.2. The fourth-order valence-corrected chi connectivity index (χ4v) is 3.39. The molecule has 1 fully saturated rings. The van der Waals surface area contributed by atoms with Crippen LogP contribution in [0, 0.1) is 0 Å². The van der Waals surface area contributed by atoms with E-state index in [4.69, 9.17) is 9.84 Å². The maximum absolute atomic E-state index is 11.7. The monoisotopic (exact) mass is 387 g/mol. The second-order valence-electron chi connectivity index (χ2n) is 5.65. The summed E-state index contributed by atoms with van der Waals surface area (Å²) in [6.45, 7) is 0.599.